The molecule has 164 valence electrons. The number of hydrogen-bond donors (Lipinski definition) is 2. The SMILES string of the molecule is O=C1S/C(=C\c2cccc(O)c2O)C(=O)N1Cc1cc(C(F)(F)F)cc(C(F)(F)F)c1. The van der Waals surface area contributed by atoms with Crippen LogP contribution < -0.4 is 0 Å². The molecule has 1 aliphatic rings. The van der Waals surface area contributed by atoms with Gasteiger partial charge < -0.3 is 10.2 Å². The number of aromatic hydroxyl groups is 2. The largest absolute Gasteiger partial charge is 0.504 e. The van der Waals surface area contributed by atoms with Gasteiger partial charge in [-0.3, -0.25) is 14.5 Å². The molecule has 12 heteroatoms. The van der Waals surface area contributed by atoms with Crippen molar-refractivity contribution < 1.29 is 46.1 Å². The summed E-state index contributed by atoms with van der Waals surface area (Å²) >= 11 is 0.391. The second kappa shape index (κ2) is 7.84. The van der Waals surface area contributed by atoms with Gasteiger partial charge in [0.1, 0.15) is 0 Å². The molecule has 2 aromatic carbocycles. The van der Waals surface area contributed by atoms with E-state index in [2.05, 4.69) is 0 Å². The van der Waals surface area contributed by atoms with Crippen LogP contribution in [-0.4, -0.2) is 26.3 Å². The van der Waals surface area contributed by atoms with Gasteiger partial charge in [0.05, 0.1) is 22.6 Å². The zero-order valence-electron chi connectivity index (χ0n) is 15.1. The van der Waals surface area contributed by atoms with Gasteiger partial charge in [-0.1, -0.05) is 12.1 Å². The van der Waals surface area contributed by atoms with E-state index in [0.29, 0.717) is 28.8 Å². The van der Waals surface area contributed by atoms with E-state index in [1.165, 1.54) is 18.2 Å². The molecule has 0 aliphatic carbocycles. The third kappa shape index (κ3) is 4.79. The van der Waals surface area contributed by atoms with Crippen molar-refractivity contribution in [2.75, 3.05) is 0 Å². The number of carbonyl (C=O) groups excluding carboxylic acids is 2. The number of halogens is 6. The lowest BCUT2D eigenvalue weighted by Crippen LogP contribution is -2.28. The molecule has 1 aliphatic heterocycles. The third-order valence-electron chi connectivity index (χ3n) is 4.19. The second-order valence-electron chi connectivity index (χ2n) is 6.40. The van der Waals surface area contributed by atoms with Crippen LogP contribution in [-0.2, 0) is 23.7 Å². The van der Waals surface area contributed by atoms with Crippen molar-refractivity contribution in [2.45, 2.75) is 18.9 Å². The number of hydrogen-bond acceptors (Lipinski definition) is 5. The molecule has 1 saturated heterocycles. The Balaban J connectivity index is 1.94. The van der Waals surface area contributed by atoms with Gasteiger partial charge in [0.15, 0.2) is 11.5 Å². The van der Waals surface area contributed by atoms with Crippen molar-refractivity contribution in [3.8, 4) is 11.5 Å². The number of rotatable bonds is 3. The average Bonchev–Trinajstić information content (AvgIpc) is 2.91. The lowest BCUT2D eigenvalue weighted by molar-refractivity contribution is -0.143. The zero-order valence-corrected chi connectivity index (χ0v) is 15.9. The van der Waals surface area contributed by atoms with Crippen LogP contribution in [0.2, 0.25) is 0 Å². The molecular weight excluding hydrogens is 452 g/mol. The number of amides is 2. The lowest BCUT2D eigenvalue weighted by atomic mass is 10.0. The molecule has 0 unspecified atom stereocenters. The Hall–Kier alpha value is -3.15. The summed E-state index contributed by atoms with van der Waals surface area (Å²) in [7, 11) is 0. The molecule has 0 spiro atoms. The van der Waals surface area contributed by atoms with Crippen molar-refractivity contribution in [3.05, 3.63) is 63.6 Å². The number of para-hydroxylation sites is 1. The summed E-state index contributed by atoms with van der Waals surface area (Å²) in [5.41, 5.74) is -3.68. The molecule has 0 atom stereocenters. The number of phenols is 2. The monoisotopic (exact) mass is 463 g/mol. The van der Waals surface area contributed by atoms with E-state index >= 15 is 0 Å². The first kappa shape index (κ1) is 22.5. The number of benzene rings is 2. The van der Waals surface area contributed by atoms with Crippen molar-refractivity contribution in [3.63, 3.8) is 0 Å². The molecule has 2 amide bonds. The molecular formula is C19H11F6NO4S. The van der Waals surface area contributed by atoms with Crippen LogP contribution in [0.1, 0.15) is 22.3 Å². The highest BCUT2D eigenvalue weighted by molar-refractivity contribution is 8.18. The topological polar surface area (TPSA) is 77.8 Å². The summed E-state index contributed by atoms with van der Waals surface area (Å²) in [6.45, 7) is -0.818. The van der Waals surface area contributed by atoms with Crippen LogP contribution >= 0.6 is 11.8 Å². The van der Waals surface area contributed by atoms with E-state index in [1.807, 2.05) is 0 Å². The molecule has 0 saturated carbocycles. The highest BCUT2D eigenvalue weighted by atomic mass is 32.2. The Morgan fingerprint density at radius 3 is 2.06 bits per heavy atom. The van der Waals surface area contributed by atoms with E-state index in [1.54, 1.807) is 0 Å². The number of phenolic OH excluding ortho intramolecular Hbond substituents is 2. The first-order chi connectivity index (χ1) is 14.3. The molecule has 3 rings (SSSR count). The summed E-state index contributed by atoms with van der Waals surface area (Å²) in [5.74, 6) is -2.03. The van der Waals surface area contributed by atoms with Gasteiger partial charge >= 0.3 is 12.4 Å². The Kier molecular flexibility index (Phi) is 5.70. The standard InChI is InChI=1S/C19H11F6NO4S/c20-18(21,22)11-4-9(5-12(7-11)19(23,24)25)8-26-16(29)14(31-17(26)30)6-10-2-1-3-13(27)15(10)28/h1-7,27-28H,8H2/b14-6-. The van der Waals surface area contributed by atoms with Crippen molar-refractivity contribution >= 4 is 29.0 Å². The van der Waals surface area contributed by atoms with Gasteiger partial charge in [0, 0.05) is 5.56 Å². The summed E-state index contributed by atoms with van der Waals surface area (Å²) < 4.78 is 78.0. The first-order valence-electron chi connectivity index (χ1n) is 8.32. The fraction of sp³-hybridized carbons (Fsp3) is 0.158. The molecule has 0 bridgehead atoms. The highest BCUT2D eigenvalue weighted by Crippen LogP contribution is 2.39. The molecule has 0 aromatic heterocycles. The van der Waals surface area contributed by atoms with Gasteiger partial charge in [0.2, 0.25) is 0 Å². The molecule has 1 fully saturated rings. The molecule has 2 N–H and O–H groups in total. The minimum Gasteiger partial charge on any atom is -0.504 e. The number of carbonyl (C=O) groups is 2. The smallest absolute Gasteiger partial charge is 0.416 e. The van der Waals surface area contributed by atoms with Crippen LogP contribution in [0.3, 0.4) is 0 Å². The maximum Gasteiger partial charge on any atom is 0.416 e. The second-order valence-corrected chi connectivity index (χ2v) is 7.39. The van der Waals surface area contributed by atoms with E-state index < -0.39 is 58.2 Å². The molecule has 0 radical (unpaired) electrons. The van der Waals surface area contributed by atoms with Crippen molar-refractivity contribution in [2.24, 2.45) is 0 Å². The van der Waals surface area contributed by atoms with E-state index in [-0.39, 0.29) is 16.5 Å². The minimum atomic E-state index is -5.07. The molecule has 31 heavy (non-hydrogen) atoms. The number of thioether (sulfide) groups is 1. The fourth-order valence-corrected chi connectivity index (χ4v) is 3.57. The van der Waals surface area contributed by atoms with Crippen molar-refractivity contribution in [1.29, 1.82) is 0 Å². The van der Waals surface area contributed by atoms with Crippen LogP contribution in [0, 0.1) is 0 Å². The Morgan fingerprint density at radius 1 is 0.935 bits per heavy atom. The predicted octanol–water partition coefficient (Wildman–Crippen LogP) is 5.37. The maximum absolute atomic E-state index is 13.0. The van der Waals surface area contributed by atoms with E-state index in [4.69, 9.17) is 0 Å². The van der Waals surface area contributed by atoms with Gasteiger partial charge in [-0.2, -0.15) is 26.3 Å². The third-order valence-corrected chi connectivity index (χ3v) is 5.10. The van der Waals surface area contributed by atoms with Crippen LogP contribution in [0.25, 0.3) is 6.08 Å². The first-order valence-corrected chi connectivity index (χ1v) is 9.13. The quantitative estimate of drug-likeness (QED) is 0.364. The Morgan fingerprint density at radius 2 is 1.52 bits per heavy atom. The van der Waals surface area contributed by atoms with Gasteiger partial charge in [-0.15, -0.1) is 0 Å². The number of nitrogens with zero attached hydrogens (tertiary/aromatic N) is 1. The van der Waals surface area contributed by atoms with Crippen LogP contribution in [0.5, 0.6) is 11.5 Å². The summed E-state index contributed by atoms with van der Waals surface area (Å²) in [6.07, 6.45) is -9.06. The van der Waals surface area contributed by atoms with Gasteiger partial charge in [-0.25, -0.2) is 0 Å². The zero-order chi connectivity index (χ0) is 23.1. The number of imide groups is 1. The molecule has 5 nitrogen and oxygen atoms in total. The maximum atomic E-state index is 13.0. The fourth-order valence-electron chi connectivity index (χ4n) is 2.74. The van der Waals surface area contributed by atoms with Crippen LogP contribution in [0.4, 0.5) is 31.1 Å². The average molecular weight is 463 g/mol. The summed E-state index contributed by atoms with van der Waals surface area (Å²) in [4.78, 5) is 25.0. The van der Waals surface area contributed by atoms with E-state index in [9.17, 15) is 46.1 Å². The molecule has 2 aromatic rings. The van der Waals surface area contributed by atoms with Gasteiger partial charge in [0.25, 0.3) is 11.1 Å². The van der Waals surface area contributed by atoms with E-state index in [0.717, 1.165) is 6.08 Å². The number of alkyl halides is 6. The van der Waals surface area contributed by atoms with Gasteiger partial charge in [-0.05, 0) is 47.7 Å². The molecule has 1 heterocycles. The minimum absolute atomic E-state index is 0.0103. The highest BCUT2D eigenvalue weighted by Gasteiger charge is 2.39. The predicted molar refractivity (Wildman–Crippen MR) is 97.7 cm³/mol. The summed E-state index contributed by atoms with van der Waals surface area (Å²) in [6, 6.07) is 4.66. The van der Waals surface area contributed by atoms with Crippen molar-refractivity contribution in [1.82, 2.24) is 4.90 Å². The lowest BCUT2D eigenvalue weighted by Gasteiger charge is -2.17. The summed E-state index contributed by atoms with van der Waals surface area (Å²) in [5, 5.41) is 18.4. The Bertz CT molecular complexity index is 1060. The normalized spacial score (nSPS) is 16.5. The van der Waals surface area contributed by atoms with Crippen LogP contribution in [0.15, 0.2) is 41.3 Å². The Labute approximate surface area is 174 Å².